The Balaban J connectivity index is 2.14. The van der Waals surface area contributed by atoms with Gasteiger partial charge in [-0.1, -0.05) is 24.0 Å². The highest BCUT2D eigenvalue weighted by atomic mass is 16.5. The lowest BCUT2D eigenvalue weighted by atomic mass is 10.0. The molecule has 26 heavy (non-hydrogen) atoms. The van der Waals surface area contributed by atoms with E-state index in [2.05, 4.69) is 11.8 Å². The molecule has 0 N–H and O–H groups in total. The first kappa shape index (κ1) is 17.3. The molecule has 2 aromatic rings. The van der Waals surface area contributed by atoms with Crippen molar-refractivity contribution in [3.8, 4) is 17.9 Å². The minimum absolute atomic E-state index is 0.114. The number of hydrogen-bond donors (Lipinski definition) is 0. The molecule has 0 radical (unpaired) electrons. The number of benzene rings is 1. The van der Waals surface area contributed by atoms with Crippen molar-refractivity contribution in [2.24, 2.45) is 0 Å². The Hall–Kier alpha value is -3.57. The summed E-state index contributed by atoms with van der Waals surface area (Å²) in [6.45, 7) is 1.78. The molecule has 0 unspecified atom stereocenters. The van der Waals surface area contributed by atoms with Gasteiger partial charge in [-0.15, -0.1) is 0 Å². The van der Waals surface area contributed by atoms with Gasteiger partial charge in [-0.05, 0) is 43.2 Å². The fourth-order valence-corrected chi connectivity index (χ4v) is 2.57. The Morgan fingerprint density at radius 2 is 2.27 bits per heavy atom. The van der Waals surface area contributed by atoms with Crippen LogP contribution >= 0.6 is 0 Å². The van der Waals surface area contributed by atoms with E-state index in [-0.39, 0.29) is 17.7 Å². The van der Waals surface area contributed by atoms with Gasteiger partial charge in [0.2, 0.25) is 0 Å². The standard InChI is InChI=1S/C21H15NO4/c1-2-25-20(23)18(13-22)11-17-10-16-9-14-7-5-3-4-6-8-15(14)12-19(16)26-21(17)24/h5,7,9-12H,2-4H2,1H3/b7-5-,18-11?. The molecule has 0 amide bonds. The van der Waals surface area contributed by atoms with Gasteiger partial charge in [-0.25, -0.2) is 9.59 Å². The highest BCUT2D eigenvalue weighted by Crippen LogP contribution is 2.22. The van der Waals surface area contributed by atoms with Crippen molar-refractivity contribution in [3.63, 3.8) is 0 Å². The van der Waals surface area contributed by atoms with Gasteiger partial charge in [0.1, 0.15) is 17.2 Å². The molecule has 1 aromatic heterocycles. The van der Waals surface area contributed by atoms with Crippen LogP contribution in [0.4, 0.5) is 0 Å². The fraction of sp³-hybridized carbons (Fsp3) is 0.190. The molecular formula is C21H15NO4. The monoisotopic (exact) mass is 345 g/mol. The molecule has 128 valence electrons. The summed E-state index contributed by atoms with van der Waals surface area (Å²) in [4.78, 5) is 24.0. The molecule has 5 heteroatoms. The highest BCUT2D eigenvalue weighted by Gasteiger charge is 2.13. The van der Waals surface area contributed by atoms with Crippen molar-refractivity contribution in [2.75, 3.05) is 6.61 Å². The summed E-state index contributed by atoms with van der Waals surface area (Å²) in [6.07, 6.45) is 6.89. The summed E-state index contributed by atoms with van der Waals surface area (Å²) < 4.78 is 10.2. The van der Waals surface area contributed by atoms with E-state index in [0.29, 0.717) is 11.0 Å². The normalized spacial score (nSPS) is 14.2. The highest BCUT2D eigenvalue weighted by molar-refractivity contribution is 5.98. The van der Waals surface area contributed by atoms with Crippen LogP contribution in [0.5, 0.6) is 0 Å². The molecule has 0 spiro atoms. The Bertz CT molecular complexity index is 1100. The minimum atomic E-state index is -0.772. The molecule has 5 nitrogen and oxygen atoms in total. The maximum atomic E-state index is 12.2. The Morgan fingerprint density at radius 1 is 1.42 bits per heavy atom. The number of nitrogens with zero attached hydrogens (tertiary/aromatic N) is 1. The van der Waals surface area contributed by atoms with Crippen LogP contribution in [0.3, 0.4) is 0 Å². The Labute approximate surface area is 150 Å². The number of nitriles is 1. The lowest BCUT2D eigenvalue weighted by Crippen LogP contribution is -2.09. The summed E-state index contributed by atoms with van der Waals surface area (Å²) in [7, 11) is 0. The molecule has 3 rings (SSSR count). The second kappa shape index (κ2) is 7.55. The molecule has 0 saturated heterocycles. The van der Waals surface area contributed by atoms with Gasteiger partial charge < -0.3 is 9.15 Å². The van der Waals surface area contributed by atoms with E-state index in [1.165, 1.54) is 6.08 Å². The second-order valence-corrected chi connectivity index (χ2v) is 5.60. The summed E-state index contributed by atoms with van der Waals surface area (Å²) in [5.41, 5.74) is 1.36. The maximum absolute atomic E-state index is 12.2. The molecule has 0 saturated carbocycles. The quantitative estimate of drug-likeness (QED) is 0.280. The zero-order valence-corrected chi connectivity index (χ0v) is 14.2. The van der Waals surface area contributed by atoms with E-state index in [4.69, 9.17) is 14.4 Å². The van der Waals surface area contributed by atoms with Crippen molar-refractivity contribution in [1.29, 1.82) is 5.26 Å². The number of rotatable bonds is 3. The van der Waals surface area contributed by atoms with E-state index in [0.717, 1.165) is 24.0 Å². The van der Waals surface area contributed by atoms with Crippen molar-refractivity contribution in [2.45, 2.75) is 19.8 Å². The van der Waals surface area contributed by atoms with Gasteiger partial charge in [0.25, 0.3) is 0 Å². The van der Waals surface area contributed by atoms with E-state index in [1.807, 2.05) is 18.2 Å². The lowest BCUT2D eigenvalue weighted by molar-refractivity contribution is -0.137. The number of carbonyl (C=O) groups excluding carboxylic acids is 1. The predicted molar refractivity (Wildman–Crippen MR) is 97.9 cm³/mol. The van der Waals surface area contributed by atoms with Gasteiger partial charge in [0.15, 0.2) is 0 Å². The van der Waals surface area contributed by atoms with E-state index < -0.39 is 11.6 Å². The molecule has 0 aliphatic heterocycles. The van der Waals surface area contributed by atoms with Crippen LogP contribution in [0, 0.1) is 23.2 Å². The lowest BCUT2D eigenvalue weighted by Gasteiger charge is -2.05. The first-order chi connectivity index (χ1) is 12.6. The smallest absolute Gasteiger partial charge is 0.348 e. The largest absolute Gasteiger partial charge is 0.462 e. The number of ether oxygens (including phenoxy) is 1. The average Bonchev–Trinajstić information content (AvgIpc) is 2.60. The first-order valence-electron chi connectivity index (χ1n) is 8.18. The molecule has 0 atom stereocenters. The van der Waals surface area contributed by atoms with E-state index >= 15 is 0 Å². The molecule has 0 bridgehead atoms. The molecule has 1 aromatic carbocycles. The summed E-state index contributed by atoms with van der Waals surface area (Å²) >= 11 is 0. The number of esters is 1. The predicted octanol–water partition coefficient (Wildman–Crippen LogP) is 3.42. The van der Waals surface area contributed by atoms with Gasteiger partial charge in [0, 0.05) is 17.4 Å². The zero-order chi connectivity index (χ0) is 18.5. The Morgan fingerprint density at radius 3 is 3.04 bits per heavy atom. The number of fused-ring (bicyclic) bond motifs is 2. The number of carbonyl (C=O) groups is 1. The van der Waals surface area contributed by atoms with Crippen LogP contribution in [0.25, 0.3) is 23.1 Å². The summed E-state index contributed by atoms with van der Waals surface area (Å²) in [6, 6.07) is 6.96. The van der Waals surface area contributed by atoms with Gasteiger partial charge in [-0.2, -0.15) is 5.26 Å². The van der Waals surface area contributed by atoms with Crippen LogP contribution in [-0.4, -0.2) is 12.6 Å². The van der Waals surface area contributed by atoms with E-state index in [9.17, 15) is 9.59 Å². The van der Waals surface area contributed by atoms with Gasteiger partial charge in [-0.3, -0.25) is 0 Å². The molecular weight excluding hydrogens is 330 g/mol. The summed E-state index contributed by atoms with van der Waals surface area (Å²) in [5.74, 6) is 5.38. The van der Waals surface area contributed by atoms with Gasteiger partial charge >= 0.3 is 11.6 Å². The van der Waals surface area contributed by atoms with Crippen molar-refractivity contribution < 1.29 is 13.9 Å². The summed E-state index contributed by atoms with van der Waals surface area (Å²) in [5, 5.41) is 9.81. The first-order valence-corrected chi connectivity index (χ1v) is 8.18. The minimum Gasteiger partial charge on any atom is -0.462 e. The maximum Gasteiger partial charge on any atom is 0.348 e. The Kier molecular flexibility index (Phi) is 5.01. The third kappa shape index (κ3) is 3.58. The average molecular weight is 345 g/mol. The van der Waals surface area contributed by atoms with Gasteiger partial charge in [0.05, 0.1) is 12.2 Å². The molecule has 0 fully saturated rings. The van der Waals surface area contributed by atoms with Crippen LogP contribution in [0.15, 0.2) is 39.1 Å². The van der Waals surface area contributed by atoms with Crippen molar-refractivity contribution in [3.05, 3.63) is 57.0 Å². The third-order valence-electron chi connectivity index (χ3n) is 3.80. The molecule has 1 aliphatic carbocycles. The molecule has 1 heterocycles. The van der Waals surface area contributed by atoms with Crippen LogP contribution in [0.1, 0.15) is 36.5 Å². The topological polar surface area (TPSA) is 80.3 Å². The van der Waals surface area contributed by atoms with E-state index in [1.54, 1.807) is 25.1 Å². The fourth-order valence-electron chi connectivity index (χ4n) is 2.57. The van der Waals surface area contributed by atoms with Crippen LogP contribution < -0.4 is 5.63 Å². The van der Waals surface area contributed by atoms with Crippen molar-refractivity contribution in [1.82, 2.24) is 0 Å². The third-order valence-corrected chi connectivity index (χ3v) is 3.80. The van der Waals surface area contributed by atoms with Crippen LogP contribution in [0.2, 0.25) is 0 Å². The van der Waals surface area contributed by atoms with Crippen molar-refractivity contribution >= 4 is 29.1 Å². The molecule has 1 aliphatic rings. The van der Waals surface area contributed by atoms with Crippen LogP contribution in [-0.2, 0) is 9.53 Å². The number of hydrogen-bond acceptors (Lipinski definition) is 5. The SMILES string of the molecule is CCOC(=O)C(C#N)=Cc1cc2cc3c(cc2oc1=O)C#CCC/C=C\3. The second-order valence-electron chi connectivity index (χ2n) is 5.60. The zero-order valence-electron chi connectivity index (χ0n) is 14.2. The number of allylic oxidation sites excluding steroid dienone is 1.